The van der Waals surface area contributed by atoms with Crippen LogP contribution in [0.4, 0.5) is 0 Å². The lowest BCUT2D eigenvalue weighted by Crippen LogP contribution is -1.99. The molecule has 0 bridgehead atoms. The van der Waals surface area contributed by atoms with Gasteiger partial charge in [-0.2, -0.15) is 0 Å². The van der Waals surface area contributed by atoms with Crippen molar-refractivity contribution in [3.63, 3.8) is 0 Å². The third-order valence-electron chi connectivity index (χ3n) is 2.79. The number of aromatic nitrogens is 4. The molecule has 0 atom stereocenters. The van der Waals surface area contributed by atoms with Gasteiger partial charge in [0.25, 0.3) is 0 Å². The maximum absolute atomic E-state index is 10.7. The van der Waals surface area contributed by atoms with Crippen molar-refractivity contribution in [2.45, 2.75) is 0 Å². The summed E-state index contributed by atoms with van der Waals surface area (Å²) in [5, 5.41) is 12.6. The van der Waals surface area contributed by atoms with Crippen molar-refractivity contribution in [1.82, 2.24) is 20.2 Å². The summed E-state index contributed by atoms with van der Waals surface area (Å²) in [6, 6.07) is 14.5. The number of carbonyl (C=O) groups excluding carboxylic acids is 1. The predicted octanol–water partition coefficient (Wildman–Crippen LogP) is 2.80. The van der Waals surface area contributed by atoms with E-state index < -0.39 is 0 Å². The molecule has 20 heavy (non-hydrogen) atoms. The SMILES string of the molecule is O=Cc1ccc(-n2nnc(-c3ccccc3)n2)cc1Cl. The van der Waals surface area contributed by atoms with Gasteiger partial charge >= 0.3 is 0 Å². The van der Waals surface area contributed by atoms with Crippen LogP contribution in [0.5, 0.6) is 0 Å². The van der Waals surface area contributed by atoms with Crippen molar-refractivity contribution in [3.05, 3.63) is 59.1 Å². The standard InChI is InChI=1S/C14H9ClN4O/c15-13-8-12(7-6-11(13)9-20)19-17-14(16-18-19)10-4-2-1-3-5-10/h1-9H. The van der Waals surface area contributed by atoms with Crippen molar-refractivity contribution in [2.75, 3.05) is 0 Å². The molecule has 0 amide bonds. The van der Waals surface area contributed by atoms with E-state index in [1.54, 1.807) is 18.2 Å². The number of carbonyl (C=O) groups is 1. The zero-order valence-corrected chi connectivity index (χ0v) is 11.0. The van der Waals surface area contributed by atoms with E-state index in [9.17, 15) is 4.79 Å². The van der Waals surface area contributed by atoms with Gasteiger partial charge in [0.2, 0.25) is 5.82 Å². The maximum Gasteiger partial charge on any atom is 0.205 e. The molecule has 0 saturated carbocycles. The van der Waals surface area contributed by atoms with Crippen LogP contribution < -0.4 is 0 Å². The van der Waals surface area contributed by atoms with E-state index in [-0.39, 0.29) is 0 Å². The number of tetrazole rings is 1. The highest BCUT2D eigenvalue weighted by atomic mass is 35.5. The molecule has 3 aromatic rings. The van der Waals surface area contributed by atoms with Crippen LogP contribution in [0, 0.1) is 0 Å². The van der Waals surface area contributed by atoms with Crippen LogP contribution in [0.25, 0.3) is 17.1 Å². The van der Waals surface area contributed by atoms with Crippen LogP contribution in [0.3, 0.4) is 0 Å². The first-order chi connectivity index (χ1) is 9.78. The van der Waals surface area contributed by atoms with E-state index >= 15 is 0 Å². The summed E-state index contributed by atoms with van der Waals surface area (Å²) in [6.45, 7) is 0. The first-order valence-corrected chi connectivity index (χ1v) is 6.26. The third-order valence-corrected chi connectivity index (χ3v) is 3.11. The number of rotatable bonds is 3. The summed E-state index contributed by atoms with van der Waals surface area (Å²) in [7, 11) is 0. The van der Waals surface area contributed by atoms with Crippen molar-refractivity contribution in [1.29, 1.82) is 0 Å². The molecule has 1 aromatic heterocycles. The highest BCUT2D eigenvalue weighted by Crippen LogP contribution is 2.19. The van der Waals surface area contributed by atoms with Gasteiger partial charge in [0.05, 0.1) is 10.7 Å². The molecule has 2 aromatic carbocycles. The minimum atomic E-state index is 0.357. The van der Waals surface area contributed by atoms with Crippen molar-refractivity contribution in [3.8, 4) is 17.1 Å². The molecule has 0 radical (unpaired) electrons. The normalized spacial score (nSPS) is 10.4. The van der Waals surface area contributed by atoms with Crippen molar-refractivity contribution in [2.24, 2.45) is 0 Å². The Morgan fingerprint density at radius 1 is 1.10 bits per heavy atom. The first-order valence-electron chi connectivity index (χ1n) is 5.88. The second-order valence-corrected chi connectivity index (χ2v) is 4.50. The number of benzene rings is 2. The summed E-state index contributed by atoms with van der Waals surface area (Å²) in [6.07, 6.45) is 0.705. The second-order valence-electron chi connectivity index (χ2n) is 4.09. The second kappa shape index (κ2) is 5.22. The number of hydrogen-bond donors (Lipinski definition) is 0. The lowest BCUT2D eigenvalue weighted by atomic mass is 10.2. The largest absolute Gasteiger partial charge is 0.298 e. The molecular formula is C14H9ClN4O. The monoisotopic (exact) mass is 284 g/mol. The van der Waals surface area contributed by atoms with E-state index in [0.717, 1.165) is 5.56 Å². The van der Waals surface area contributed by atoms with E-state index in [4.69, 9.17) is 11.6 Å². The summed E-state index contributed by atoms with van der Waals surface area (Å²) in [5.74, 6) is 0.529. The van der Waals surface area contributed by atoms with Crippen molar-refractivity contribution >= 4 is 17.9 Å². The molecule has 5 nitrogen and oxygen atoms in total. The van der Waals surface area contributed by atoms with Crippen LogP contribution >= 0.6 is 11.6 Å². The fraction of sp³-hybridized carbons (Fsp3) is 0. The number of aldehydes is 1. The fourth-order valence-corrected chi connectivity index (χ4v) is 1.98. The van der Waals surface area contributed by atoms with Gasteiger partial charge in [-0.1, -0.05) is 41.9 Å². The summed E-state index contributed by atoms with van der Waals surface area (Å²) in [5.41, 5.74) is 1.96. The molecule has 6 heteroatoms. The van der Waals surface area contributed by atoms with Crippen LogP contribution in [-0.4, -0.2) is 26.5 Å². The Morgan fingerprint density at radius 3 is 2.60 bits per heavy atom. The van der Waals surface area contributed by atoms with Crippen LogP contribution in [-0.2, 0) is 0 Å². The summed E-state index contributed by atoms with van der Waals surface area (Å²) in [4.78, 5) is 12.1. The summed E-state index contributed by atoms with van der Waals surface area (Å²) < 4.78 is 0. The summed E-state index contributed by atoms with van der Waals surface area (Å²) >= 11 is 5.98. The molecule has 0 spiro atoms. The van der Waals surface area contributed by atoms with E-state index in [1.165, 1.54) is 4.80 Å². The molecule has 0 aliphatic carbocycles. The molecule has 0 saturated heterocycles. The van der Waals surface area contributed by atoms with Gasteiger partial charge in [0.1, 0.15) is 0 Å². The average Bonchev–Trinajstić information content (AvgIpc) is 2.98. The lowest BCUT2D eigenvalue weighted by Gasteiger charge is -2.00. The molecule has 0 N–H and O–H groups in total. The molecule has 3 rings (SSSR count). The molecule has 0 unspecified atom stereocenters. The highest BCUT2D eigenvalue weighted by molar-refractivity contribution is 6.33. The number of nitrogens with zero attached hydrogens (tertiary/aromatic N) is 4. The molecule has 0 aliphatic heterocycles. The maximum atomic E-state index is 10.7. The Hall–Kier alpha value is -2.53. The lowest BCUT2D eigenvalue weighted by molar-refractivity contribution is 0.112. The van der Waals surface area contributed by atoms with Crippen molar-refractivity contribution < 1.29 is 4.79 Å². The Labute approximate surface area is 119 Å². The van der Waals surface area contributed by atoms with Crippen LogP contribution in [0.2, 0.25) is 5.02 Å². The molecule has 0 aliphatic rings. The number of hydrogen-bond acceptors (Lipinski definition) is 4. The van der Waals surface area contributed by atoms with Crippen LogP contribution in [0.15, 0.2) is 48.5 Å². The Morgan fingerprint density at radius 2 is 1.90 bits per heavy atom. The first kappa shape index (κ1) is 12.5. The average molecular weight is 285 g/mol. The molecular weight excluding hydrogens is 276 g/mol. The molecule has 0 fully saturated rings. The highest BCUT2D eigenvalue weighted by Gasteiger charge is 2.08. The minimum Gasteiger partial charge on any atom is -0.298 e. The van der Waals surface area contributed by atoms with Gasteiger partial charge < -0.3 is 0 Å². The van der Waals surface area contributed by atoms with E-state index in [2.05, 4.69) is 15.4 Å². The predicted molar refractivity (Wildman–Crippen MR) is 75.0 cm³/mol. The fourth-order valence-electron chi connectivity index (χ4n) is 1.76. The molecule has 98 valence electrons. The third kappa shape index (κ3) is 2.31. The molecule has 1 heterocycles. The van der Waals surface area contributed by atoms with Gasteiger partial charge in [0.15, 0.2) is 6.29 Å². The van der Waals surface area contributed by atoms with Gasteiger partial charge in [-0.15, -0.1) is 15.0 Å². The number of halogens is 1. The zero-order valence-electron chi connectivity index (χ0n) is 10.3. The topological polar surface area (TPSA) is 60.7 Å². The van der Waals surface area contributed by atoms with Gasteiger partial charge in [-0.3, -0.25) is 4.79 Å². The zero-order chi connectivity index (χ0) is 13.9. The Bertz CT molecular complexity index is 755. The van der Waals surface area contributed by atoms with Crippen LogP contribution in [0.1, 0.15) is 10.4 Å². The van der Waals surface area contributed by atoms with E-state index in [1.807, 2.05) is 30.3 Å². The van der Waals surface area contributed by atoms with E-state index in [0.29, 0.717) is 28.4 Å². The van der Waals surface area contributed by atoms with Gasteiger partial charge in [-0.25, -0.2) is 0 Å². The van der Waals surface area contributed by atoms with Gasteiger partial charge in [-0.05, 0) is 23.4 Å². The van der Waals surface area contributed by atoms with Gasteiger partial charge in [0, 0.05) is 11.1 Å². The quantitative estimate of drug-likeness (QED) is 0.694. The Balaban J connectivity index is 1.98. The Kier molecular flexibility index (Phi) is 3.26. The smallest absolute Gasteiger partial charge is 0.205 e. The minimum absolute atomic E-state index is 0.357.